The number of aromatic hydroxyl groups is 3. The third-order valence-electron chi connectivity index (χ3n) is 14.5. The number of nitrogens with zero attached hydrogens (tertiary/aromatic N) is 1. The molecule has 0 spiro atoms. The number of ketones is 3. The maximum atomic E-state index is 14.2. The minimum atomic E-state index is -2.34. The quantitative estimate of drug-likeness (QED) is 0.0616. The number of Topliss-reactive ketones (excluding diaryl/α,β-unsaturated/α-hetero) is 3. The van der Waals surface area contributed by atoms with E-state index in [0.717, 1.165) is 11.1 Å². The van der Waals surface area contributed by atoms with Gasteiger partial charge in [-0.3, -0.25) is 24.0 Å². The van der Waals surface area contributed by atoms with Crippen molar-refractivity contribution in [1.82, 2.24) is 5.32 Å². The highest BCUT2D eigenvalue weighted by Crippen LogP contribution is 2.54. The first-order chi connectivity index (χ1) is 33.9. The lowest BCUT2D eigenvalue weighted by Crippen LogP contribution is -2.54. The van der Waals surface area contributed by atoms with Crippen LogP contribution in [0.15, 0.2) is 76.9 Å². The molecule has 5 aliphatic rings. The summed E-state index contributed by atoms with van der Waals surface area (Å²) >= 11 is 6.56. The number of alkyl halides is 1. The lowest BCUT2D eigenvalue weighted by Gasteiger charge is -2.43. The molecular formula is C52H50ClN3O15. The summed E-state index contributed by atoms with van der Waals surface area (Å²) in [5.74, 6) is -6.66. The largest absolute Gasteiger partial charge is 0.507 e. The van der Waals surface area contributed by atoms with Gasteiger partial charge in [-0.2, -0.15) is 0 Å². The Labute approximate surface area is 410 Å². The number of aliphatic hydroxyl groups is 3. The molecule has 0 bridgehead atoms. The summed E-state index contributed by atoms with van der Waals surface area (Å²) in [6.07, 6.45) is -1.19. The van der Waals surface area contributed by atoms with Gasteiger partial charge in [0.15, 0.2) is 29.4 Å². The van der Waals surface area contributed by atoms with E-state index < -0.39 is 113 Å². The Balaban J connectivity index is 0.920. The Morgan fingerprint density at radius 3 is 2.49 bits per heavy atom. The average molecular weight is 992 g/mol. The SMILES string of the molecule is COC1=CC=CC2C(=O)c3c(O)c4c(c(O)c3C(=O)C12)[C@@H](OC1C[C@H](NCc2ccc3c(O)cc5c(c3c2)C(CCl)CN5C(=O)c2cc3cc(NC(C)=O)ccc3o2)[C@H](O)[C@H](C)O1)C[C@](O)(C(=O)CO)C4. The molecule has 71 heavy (non-hydrogen) atoms. The lowest BCUT2D eigenvalue weighted by atomic mass is 9.67. The van der Waals surface area contributed by atoms with E-state index in [1.807, 2.05) is 6.07 Å². The van der Waals surface area contributed by atoms with Crippen molar-refractivity contribution in [2.45, 2.75) is 81.8 Å². The lowest BCUT2D eigenvalue weighted by molar-refractivity contribution is -0.250. The minimum absolute atomic E-state index is 0.0254. The molecule has 4 unspecified atom stereocenters. The van der Waals surface area contributed by atoms with Crippen molar-refractivity contribution < 1.29 is 73.2 Å². The van der Waals surface area contributed by atoms with Crippen LogP contribution in [0.25, 0.3) is 21.7 Å². The van der Waals surface area contributed by atoms with Gasteiger partial charge in [-0.25, -0.2) is 0 Å². The Morgan fingerprint density at radius 1 is 0.986 bits per heavy atom. The Bertz CT molecular complexity index is 3160. The van der Waals surface area contributed by atoms with Gasteiger partial charge in [0.05, 0.1) is 54.1 Å². The third kappa shape index (κ3) is 8.03. The van der Waals surface area contributed by atoms with Crippen LogP contribution < -0.4 is 15.5 Å². The number of rotatable bonds is 11. The molecule has 5 aromatic rings. The van der Waals surface area contributed by atoms with E-state index in [9.17, 15) is 54.6 Å². The maximum absolute atomic E-state index is 14.2. The smallest absolute Gasteiger partial charge is 0.294 e. The molecule has 2 aliphatic heterocycles. The monoisotopic (exact) mass is 991 g/mol. The van der Waals surface area contributed by atoms with Crippen molar-refractivity contribution in [3.8, 4) is 17.2 Å². The number of fused-ring (bicyclic) bond motifs is 7. The van der Waals surface area contributed by atoms with Crippen LogP contribution >= 0.6 is 11.6 Å². The summed E-state index contributed by atoms with van der Waals surface area (Å²) in [5.41, 5.74) is -0.684. The minimum Gasteiger partial charge on any atom is -0.507 e. The van der Waals surface area contributed by atoms with Gasteiger partial charge >= 0.3 is 0 Å². The van der Waals surface area contributed by atoms with Gasteiger partial charge in [0.25, 0.3) is 5.91 Å². The molecule has 4 aromatic carbocycles. The first kappa shape index (κ1) is 48.0. The van der Waals surface area contributed by atoms with E-state index in [-0.39, 0.29) is 65.6 Å². The summed E-state index contributed by atoms with van der Waals surface area (Å²) in [7, 11) is 1.35. The van der Waals surface area contributed by atoms with Crippen molar-refractivity contribution in [2.24, 2.45) is 11.8 Å². The highest BCUT2D eigenvalue weighted by atomic mass is 35.5. The van der Waals surface area contributed by atoms with Crippen LogP contribution in [0.5, 0.6) is 17.2 Å². The van der Waals surface area contributed by atoms with Crippen LogP contribution in [0.3, 0.4) is 0 Å². The van der Waals surface area contributed by atoms with Crippen molar-refractivity contribution in [3.05, 3.63) is 112 Å². The number of methoxy groups -OCH3 is 1. The van der Waals surface area contributed by atoms with Gasteiger partial charge < -0.3 is 64.8 Å². The normalized spacial score (nSPS) is 26.7. The molecule has 18 nitrogen and oxygen atoms in total. The van der Waals surface area contributed by atoms with Crippen LogP contribution in [0.2, 0.25) is 0 Å². The number of halogens is 1. The van der Waals surface area contributed by atoms with Gasteiger partial charge in [-0.05, 0) is 59.8 Å². The highest BCUT2D eigenvalue weighted by Gasteiger charge is 2.53. The van der Waals surface area contributed by atoms with Gasteiger partial charge in [-0.15, -0.1) is 11.6 Å². The summed E-state index contributed by atoms with van der Waals surface area (Å²) in [6, 6.07) is 12.9. The van der Waals surface area contributed by atoms with E-state index in [0.29, 0.717) is 33.1 Å². The summed E-state index contributed by atoms with van der Waals surface area (Å²) in [5, 5.41) is 76.1. The fourth-order valence-corrected chi connectivity index (χ4v) is 11.3. The molecule has 10 rings (SSSR count). The molecule has 370 valence electrons. The molecule has 8 N–H and O–H groups in total. The average Bonchev–Trinajstić information content (AvgIpc) is 3.95. The second kappa shape index (κ2) is 18.2. The molecule has 3 aliphatic carbocycles. The zero-order chi connectivity index (χ0) is 50.4. The fraction of sp³-hybridized carbons (Fsp3) is 0.365. The predicted octanol–water partition coefficient (Wildman–Crippen LogP) is 5.31. The molecule has 3 heterocycles. The van der Waals surface area contributed by atoms with E-state index >= 15 is 0 Å². The Morgan fingerprint density at radius 2 is 1.76 bits per heavy atom. The number of carbonyl (C=O) groups is 5. The van der Waals surface area contributed by atoms with E-state index in [2.05, 4.69) is 10.6 Å². The first-order valence-electron chi connectivity index (χ1n) is 23.1. The van der Waals surface area contributed by atoms with Crippen molar-refractivity contribution in [2.75, 3.05) is 36.4 Å². The number of hydrogen-bond donors (Lipinski definition) is 8. The van der Waals surface area contributed by atoms with Crippen molar-refractivity contribution in [1.29, 1.82) is 0 Å². The van der Waals surface area contributed by atoms with Gasteiger partial charge in [-0.1, -0.05) is 24.3 Å². The van der Waals surface area contributed by atoms with Crippen molar-refractivity contribution in [3.63, 3.8) is 0 Å². The van der Waals surface area contributed by atoms with Crippen LogP contribution in [0.4, 0.5) is 11.4 Å². The summed E-state index contributed by atoms with van der Waals surface area (Å²) in [4.78, 5) is 68.6. The molecular weight excluding hydrogens is 942 g/mol. The Hall–Kier alpha value is -6.64. The molecule has 0 saturated carbocycles. The van der Waals surface area contributed by atoms with Gasteiger partial charge in [0, 0.05) is 90.8 Å². The van der Waals surface area contributed by atoms with Gasteiger partial charge in [0.1, 0.15) is 40.8 Å². The van der Waals surface area contributed by atoms with Crippen LogP contribution in [-0.2, 0) is 36.8 Å². The molecule has 1 fully saturated rings. The van der Waals surface area contributed by atoms with E-state index in [1.165, 1.54) is 37.2 Å². The standard InChI is InChI=1S/C52H50ClN3O15/c1-22-46(61)32(14-40(69-22)71-38-17-52(67,39(60)21-57)16-31-43(38)50(65)45-44(48(31)63)47(62)29-5-4-6-36(68-3)42(29)49(45)64)54-19-24-7-9-28-30(11-24)41-26(18-53)20-56(33(41)15-34(28)59)51(66)37-13-25-12-27(55-23(2)58)8-10-35(25)70-37/h4-13,15,22,26,29,32,38,40,42,46,54,57,59,61,63,65,67H,14,16-21H2,1-3H3,(H,55,58)/t22-,26?,29?,32-,38-,40?,42?,46+,52-/m0/s1. The fourth-order valence-electron chi connectivity index (χ4n) is 11.0. The number of anilines is 2. The number of carbonyl (C=O) groups excluding carboxylic acids is 5. The molecule has 1 saturated heterocycles. The number of allylic oxidation sites excluding steroid dienone is 4. The first-order valence-corrected chi connectivity index (χ1v) is 23.7. The number of aliphatic hydroxyl groups excluding tert-OH is 2. The second-order valence-electron chi connectivity index (χ2n) is 18.9. The van der Waals surface area contributed by atoms with Crippen LogP contribution in [0.1, 0.15) is 92.2 Å². The number of amides is 2. The zero-order valence-corrected chi connectivity index (χ0v) is 39.4. The number of ether oxygens (including phenoxy) is 3. The molecule has 0 radical (unpaired) electrons. The number of phenols is 3. The molecule has 19 heteroatoms. The number of phenolic OH excluding ortho intramolecular Hbond substituents is 3. The number of furan rings is 1. The van der Waals surface area contributed by atoms with E-state index in [4.69, 9.17) is 30.2 Å². The molecule has 2 amide bonds. The second-order valence-corrected chi connectivity index (χ2v) is 19.2. The number of nitrogens with one attached hydrogen (secondary N) is 2. The predicted molar refractivity (Wildman–Crippen MR) is 256 cm³/mol. The van der Waals surface area contributed by atoms with Crippen molar-refractivity contribution >= 4 is 73.9 Å². The summed E-state index contributed by atoms with van der Waals surface area (Å²) < 4.78 is 23.9. The molecule has 1 aromatic heterocycles. The zero-order valence-electron chi connectivity index (χ0n) is 38.6. The van der Waals surface area contributed by atoms with Gasteiger partial charge in [0.2, 0.25) is 5.91 Å². The maximum Gasteiger partial charge on any atom is 0.294 e. The topological polar surface area (TPSA) is 275 Å². The third-order valence-corrected chi connectivity index (χ3v) is 14.9. The van der Waals surface area contributed by atoms with Crippen LogP contribution in [0, 0.1) is 11.8 Å². The molecule has 9 atom stereocenters. The van der Waals surface area contributed by atoms with E-state index in [1.54, 1.807) is 49.4 Å². The number of hydrogen-bond acceptors (Lipinski definition) is 16. The highest BCUT2D eigenvalue weighted by molar-refractivity contribution is 6.21. The summed E-state index contributed by atoms with van der Waals surface area (Å²) in [6.45, 7) is 2.32. The number of benzene rings is 4. The Kier molecular flexibility index (Phi) is 12.3. The van der Waals surface area contributed by atoms with Crippen LogP contribution in [-0.4, -0.2) is 116 Å².